The van der Waals surface area contributed by atoms with Gasteiger partial charge in [0.25, 0.3) is 0 Å². The molecule has 6 heteroatoms. The van der Waals surface area contributed by atoms with Gasteiger partial charge in [-0.05, 0) is 49.0 Å². The zero-order chi connectivity index (χ0) is 20.5. The van der Waals surface area contributed by atoms with Crippen molar-refractivity contribution >= 4 is 16.0 Å². The van der Waals surface area contributed by atoms with E-state index in [4.69, 9.17) is 4.74 Å². The summed E-state index contributed by atoms with van der Waals surface area (Å²) in [5.41, 5.74) is 3.24. The lowest BCUT2D eigenvalue weighted by Crippen LogP contribution is -2.45. The number of nitrogens with zero attached hydrogens (tertiary/aromatic N) is 1. The molecule has 1 heterocycles. The zero-order valence-corrected chi connectivity index (χ0v) is 17.9. The van der Waals surface area contributed by atoms with Gasteiger partial charge in [0.15, 0.2) is 0 Å². The molecule has 0 saturated heterocycles. The van der Waals surface area contributed by atoms with Gasteiger partial charge in [0.05, 0.1) is 11.4 Å². The Balaban J connectivity index is 2.06. The van der Waals surface area contributed by atoms with Gasteiger partial charge in [-0.2, -0.15) is 4.31 Å². The fourth-order valence-corrected chi connectivity index (χ4v) is 5.71. The van der Waals surface area contributed by atoms with Crippen LogP contribution in [0.2, 0.25) is 0 Å². The molecule has 3 rings (SSSR count). The number of carbonyl (C=O) groups excluding carboxylic acids is 1. The molecule has 2 atom stereocenters. The molecule has 1 aromatic rings. The van der Waals surface area contributed by atoms with Crippen LogP contribution in [0, 0.1) is 18.8 Å². The Morgan fingerprint density at radius 2 is 1.89 bits per heavy atom. The van der Waals surface area contributed by atoms with E-state index in [1.54, 1.807) is 24.3 Å². The number of fused-ring (bicyclic) bond motifs is 1. The summed E-state index contributed by atoms with van der Waals surface area (Å²) in [6, 6.07) is 6.90. The van der Waals surface area contributed by atoms with E-state index in [9.17, 15) is 13.2 Å². The van der Waals surface area contributed by atoms with E-state index in [2.05, 4.69) is 19.9 Å². The first-order chi connectivity index (χ1) is 13.3. The van der Waals surface area contributed by atoms with Gasteiger partial charge in [-0.25, -0.2) is 8.42 Å². The largest absolute Gasteiger partial charge is 0.430 e. The van der Waals surface area contributed by atoms with E-state index in [-0.39, 0.29) is 17.4 Å². The van der Waals surface area contributed by atoms with Gasteiger partial charge in [0.1, 0.15) is 5.76 Å². The molecular formula is C22H29NO4S. The van der Waals surface area contributed by atoms with Crippen LogP contribution in [0.3, 0.4) is 0 Å². The van der Waals surface area contributed by atoms with Crippen molar-refractivity contribution in [2.45, 2.75) is 51.9 Å². The number of carbonyl (C=O) groups is 1. The molecule has 1 aliphatic carbocycles. The van der Waals surface area contributed by atoms with Crippen LogP contribution in [-0.2, 0) is 19.6 Å². The first kappa shape index (κ1) is 20.8. The molecule has 0 saturated carbocycles. The van der Waals surface area contributed by atoms with E-state index < -0.39 is 16.0 Å². The van der Waals surface area contributed by atoms with E-state index >= 15 is 0 Å². The third kappa shape index (κ3) is 3.94. The van der Waals surface area contributed by atoms with E-state index in [1.807, 2.05) is 6.92 Å². The van der Waals surface area contributed by atoms with Crippen LogP contribution in [0.1, 0.15) is 45.6 Å². The van der Waals surface area contributed by atoms with Crippen molar-refractivity contribution in [3.8, 4) is 0 Å². The molecule has 0 unspecified atom stereocenters. The molecule has 1 aliphatic heterocycles. The number of benzene rings is 1. The molecule has 0 spiro atoms. The summed E-state index contributed by atoms with van der Waals surface area (Å²) < 4.78 is 33.6. The summed E-state index contributed by atoms with van der Waals surface area (Å²) in [6.45, 7) is 8.03. The highest BCUT2D eigenvalue weighted by Gasteiger charge is 2.41. The third-order valence-electron chi connectivity index (χ3n) is 5.80. The molecule has 2 aliphatic rings. The van der Waals surface area contributed by atoms with E-state index in [0.717, 1.165) is 30.4 Å². The number of rotatable bonds is 5. The van der Waals surface area contributed by atoms with Crippen LogP contribution in [0.5, 0.6) is 0 Å². The van der Waals surface area contributed by atoms with Gasteiger partial charge >= 0.3 is 5.97 Å². The predicted molar refractivity (Wildman–Crippen MR) is 109 cm³/mol. The molecule has 0 bridgehead atoms. The van der Waals surface area contributed by atoms with Gasteiger partial charge in [-0.15, -0.1) is 0 Å². The highest BCUT2D eigenvalue weighted by atomic mass is 32.2. The second-order valence-electron chi connectivity index (χ2n) is 7.63. The summed E-state index contributed by atoms with van der Waals surface area (Å²) in [5, 5.41) is 0. The summed E-state index contributed by atoms with van der Waals surface area (Å²) >= 11 is 0. The molecule has 0 amide bonds. The maximum absolute atomic E-state index is 13.3. The first-order valence-electron chi connectivity index (χ1n) is 9.95. The molecule has 28 heavy (non-hydrogen) atoms. The number of hydrogen-bond acceptors (Lipinski definition) is 4. The van der Waals surface area contributed by atoms with Crippen LogP contribution in [-0.4, -0.2) is 31.8 Å². The predicted octanol–water partition coefficient (Wildman–Crippen LogP) is 4.20. The van der Waals surface area contributed by atoms with Crippen molar-refractivity contribution in [2.24, 2.45) is 11.8 Å². The second-order valence-corrected chi connectivity index (χ2v) is 9.57. The SMILES string of the molecule is CCC1=CC[C@H](CC)[C@H]2CN(S(=O)(=O)c3ccc(C)cc3)CC(OC(C)=O)=C12. The van der Waals surface area contributed by atoms with Gasteiger partial charge in [0.2, 0.25) is 10.0 Å². The number of ether oxygens (including phenoxy) is 1. The van der Waals surface area contributed by atoms with E-state index in [0.29, 0.717) is 18.2 Å². The molecule has 5 nitrogen and oxygen atoms in total. The smallest absolute Gasteiger partial charge is 0.307 e. The number of hydrogen-bond donors (Lipinski definition) is 0. The van der Waals surface area contributed by atoms with Crippen molar-refractivity contribution < 1.29 is 17.9 Å². The van der Waals surface area contributed by atoms with Crippen molar-refractivity contribution in [3.05, 3.63) is 52.8 Å². The summed E-state index contributed by atoms with van der Waals surface area (Å²) in [7, 11) is -3.67. The minimum Gasteiger partial charge on any atom is -0.430 e. The zero-order valence-electron chi connectivity index (χ0n) is 17.1. The molecular weight excluding hydrogens is 374 g/mol. The van der Waals surface area contributed by atoms with Crippen molar-refractivity contribution in [1.29, 1.82) is 0 Å². The molecule has 0 radical (unpaired) electrons. The molecule has 0 N–H and O–H groups in total. The van der Waals surface area contributed by atoms with Crippen LogP contribution >= 0.6 is 0 Å². The standard InChI is InChI=1S/C22H29NO4S/c1-5-17-9-10-18(6-2)22-20(17)13-23(14-21(22)27-16(4)24)28(25,26)19-11-7-15(3)8-12-19/h7-8,10-12,17,20H,5-6,9,13-14H2,1-4H3/t17-,20+/m0/s1. The summed E-state index contributed by atoms with van der Waals surface area (Å²) in [4.78, 5) is 12.0. The maximum Gasteiger partial charge on any atom is 0.307 e. The first-order valence-corrected chi connectivity index (χ1v) is 11.4. The summed E-state index contributed by atoms with van der Waals surface area (Å²) in [6.07, 6.45) is 4.96. The number of sulfonamides is 1. The van der Waals surface area contributed by atoms with Crippen LogP contribution in [0.15, 0.2) is 52.1 Å². The Morgan fingerprint density at radius 3 is 2.46 bits per heavy atom. The van der Waals surface area contributed by atoms with Gasteiger partial charge < -0.3 is 4.74 Å². The quantitative estimate of drug-likeness (QED) is 0.691. The Hall–Kier alpha value is -1.92. The minimum atomic E-state index is -3.67. The number of aryl methyl sites for hydroxylation is 1. The van der Waals surface area contributed by atoms with E-state index in [1.165, 1.54) is 16.8 Å². The lowest BCUT2D eigenvalue weighted by atomic mass is 9.72. The van der Waals surface area contributed by atoms with Gasteiger partial charge in [-0.1, -0.05) is 44.0 Å². The molecule has 152 valence electrons. The Morgan fingerprint density at radius 1 is 1.21 bits per heavy atom. The fraction of sp³-hybridized carbons (Fsp3) is 0.500. The normalized spacial score (nSPS) is 23.2. The monoisotopic (exact) mass is 403 g/mol. The Bertz CT molecular complexity index is 912. The topological polar surface area (TPSA) is 63.7 Å². The second kappa shape index (κ2) is 8.21. The van der Waals surface area contributed by atoms with Crippen LogP contribution < -0.4 is 0 Å². The van der Waals surface area contributed by atoms with Gasteiger partial charge in [0, 0.05) is 19.4 Å². The highest BCUT2D eigenvalue weighted by molar-refractivity contribution is 7.89. The number of esters is 1. The van der Waals surface area contributed by atoms with Crippen molar-refractivity contribution in [2.75, 3.05) is 13.1 Å². The summed E-state index contributed by atoms with van der Waals surface area (Å²) in [5.74, 6) is 0.468. The van der Waals surface area contributed by atoms with Crippen molar-refractivity contribution in [1.82, 2.24) is 4.31 Å². The maximum atomic E-state index is 13.3. The highest BCUT2D eigenvalue weighted by Crippen LogP contribution is 2.43. The molecule has 1 aromatic carbocycles. The Kier molecular flexibility index (Phi) is 6.10. The average molecular weight is 404 g/mol. The lowest BCUT2D eigenvalue weighted by molar-refractivity contribution is -0.137. The fourth-order valence-electron chi connectivity index (χ4n) is 4.29. The van der Waals surface area contributed by atoms with Crippen molar-refractivity contribution in [3.63, 3.8) is 0 Å². The molecule has 0 fully saturated rings. The van der Waals surface area contributed by atoms with Crippen LogP contribution in [0.4, 0.5) is 0 Å². The third-order valence-corrected chi connectivity index (χ3v) is 7.63. The van der Waals surface area contributed by atoms with Crippen LogP contribution in [0.25, 0.3) is 0 Å². The lowest BCUT2D eigenvalue weighted by Gasteiger charge is -2.41. The molecule has 0 aromatic heterocycles. The Labute approximate surface area is 168 Å². The average Bonchev–Trinajstić information content (AvgIpc) is 2.66. The number of allylic oxidation sites excluding steroid dienone is 2. The van der Waals surface area contributed by atoms with Gasteiger partial charge in [-0.3, -0.25) is 4.79 Å². The minimum absolute atomic E-state index is 0.0493.